The molecule has 3 heteroatoms. The summed E-state index contributed by atoms with van der Waals surface area (Å²) in [7, 11) is 2.16. The first-order valence-corrected chi connectivity index (χ1v) is 8.18. The van der Waals surface area contributed by atoms with Gasteiger partial charge in [0.1, 0.15) is 0 Å². The molecule has 0 fully saturated rings. The molecule has 1 unspecified atom stereocenters. The lowest BCUT2D eigenvalue weighted by molar-refractivity contribution is -0.142. The van der Waals surface area contributed by atoms with E-state index in [0.717, 1.165) is 18.7 Å². The summed E-state index contributed by atoms with van der Waals surface area (Å²) in [4.78, 5) is 13.9. The highest BCUT2D eigenvalue weighted by Crippen LogP contribution is 2.32. The number of nitrogens with zero attached hydrogens (tertiary/aromatic N) is 1. The van der Waals surface area contributed by atoms with Crippen molar-refractivity contribution in [2.75, 3.05) is 20.2 Å². The summed E-state index contributed by atoms with van der Waals surface area (Å²) in [5, 5.41) is 0. The number of hydrogen-bond acceptors (Lipinski definition) is 3. The van der Waals surface area contributed by atoms with Crippen molar-refractivity contribution in [3.05, 3.63) is 70.8 Å². The van der Waals surface area contributed by atoms with Crippen LogP contribution in [0.1, 0.15) is 35.1 Å². The van der Waals surface area contributed by atoms with Crippen LogP contribution >= 0.6 is 0 Å². The molecule has 0 amide bonds. The second-order valence-corrected chi connectivity index (χ2v) is 6.17. The summed E-state index contributed by atoms with van der Waals surface area (Å²) < 4.78 is 5.01. The highest BCUT2D eigenvalue weighted by atomic mass is 16.5. The molecule has 1 heterocycles. The number of ether oxygens (including phenoxy) is 1. The molecule has 2 aromatic rings. The predicted octanol–water partition coefficient (Wildman–Crippen LogP) is 3.37. The number of esters is 1. The molecule has 1 aliphatic heterocycles. The maximum absolute atomic E-state index is 11.6. The molecule has 0 aromatic heterocycles. The van der Waals surface area contributed by atoms with E-state index in [4.69, 9.17) is 4.74 Å². The maximum atomic E-state index is 11.6. The molecule has 120 valence electrons. The fraction of sp³-hybridized carbons (Fsp3) is 0.350. The first-order chi connectivity index (χ1) is 11.2. The van der Waals surface area contributed by atoms with Crippen molar-refractivity contribution >= 4 is 5.97 Å². The minimum Gasteiger partial charge on any atom is -0.466 e. The molecule has 0 saturated heterocycles. The van der Waals surface area contributed by atoms with Gasteiger partial charge in [0.15, 0.2) is 0 Å². The molecule has 0 bridgehead atoms. The van der Waals surface area contributed by atoms with E-state index >= 15 is 0 Å². The van der Waals surface area contributed by atoms with Crippen LogP contribution in [0.4, 0.5) is 0 Å². The Morgan fingerprint density at radius 2 is 1.91 bits per heavy atom. The zero-order chi connectivity index (χ0) is 16.2. The van der Waals surface area contributed by atoms with Crippen LogP contribution < -0.4 is 0 Å². The Hall–Kier alpha value is -2.13. The number of fused-ring (bicyclic) bond motifs is 1. The van der Waals surface area contributed by atoms with Crippen LogP contribution in [0.5, 0.6) is 0 Å². The lowest BCUT2D eigenvalue weighted by Crippen LogP contribution is -2.30. The normalized spacial score (nSPS) is 17.6. The largest absolute Gasteiger partial charge is 0.466 e. The average Bonchev–Trinajstić information content (AvgIpc) is 2.55. The van der Waals surface area contributed by atoms with Crippen LogP contribution in [0, 0.1) is 0 Å². The summed E-state index contributed by atoms with van der Waals surface area (Å²) >= 11 is 0. The van der Waals surface area contributed by atoms with Crippen LogP contribution in [-0.4, -0.2) is 31.1 Å². The minimum absolute atomic E-state index is 0.164. The molecule has 1 aliphatic rings. The van der Waals surface area contributed by atoms with Crippen molar-refractivity contribution in [3.63, 3.8) is 0 Å². The first-order valence-electron chi connectivity index (χ1n) is 8.18. The zero-order valence-corrected chi connectivity index (χ0v) is 13.8. The number of hydrogen-bond donors (Lipinski definition) is 0. The number of rotatable bonds is 4. The van der Waals surface area contributed by atoms with Gasteiger partial charge in [0.2, 0.25) is 0 Å². The molecule has 3 nitrogen and oxygen atoms in total. The highest BCUT2D eigenvalue weighted by Gasteiger charge is 2.24. The highest BCUT2D eigenvalue weighted by molar-refractivity contribution is 5.72. The Bertz CT molecular complexity index is 678. The van der Waals surface area contributed by atoms with Gasteiger partial charge in [-0.1, -0.05) is 48.5 Å². The lowest BCUT2D eigenvalue weighted by atomic mass is 9.84. The molecule has 0 aliphatic carbocycles. The molecular weight excluding hydrogens is 286 g/mol. The molecule has 0 spiro atoms. The van der Waals surface area contributed by atoms with Crippen LogP contribution in [0.15, 0.2) is 48.5 Å². The number of benzene rings is 2. The number of carbonyl (C=O) groups excluding carboxylic acids is 1. The van der Waals surface area contributed by atoms with Crippen molar-refractivity contribution in [2.45, 2.75) is 25.8 Å². The van der Waals surface area contributed by atoms with Gasteiger partial charge in [0.05, 0.1) is 13.0 Å². The minimum atomic E-state index is -0.164. The van der Waals surface area contributed by atoms with E-state index in [9.17, 15) is 4.79 Å². The van der Waals surface area contributed by atoms with Crippen molar-refractivity contribution in [2.24, 2.45) is 0 Å². The zero-order valence-electron chi connectivity index (χ0n) is 13.8. The molecule has 2 aromatic carbocycles. The van der Waals surface area contributed by atoms with Gasteiger partial charge >= 0.3 is 5.97 Å². The molecular formula is C20H23NO2. The van der Waals surface area contributed by atoms with Crippen LogP contribution in [0.2, 0.25) is 0 Å². The Labute approximate surface area is 137 Å². The third-order valence-corrected chi connectivity index (χ3v) is 4.40. The van der Waals surface area contributed by atoms with E-state index in [-0.39, 0.29) is 5.97 Å². The molecule has 1 atom stereocenters. The topological polar surface area (TPSA) is 29.5 Å². The lowest BCUT2D eigenvalue weighted by Gasteiger charge is -2.32. The quantitative estimate of drug-likeness (QED) is 0.811. The van der Waals surface area contributed by atoms with E-state index in [0.29, 0.717) is 18.9 Å². The van der Waals surface area contributed by atoms with Gasteiger partial charge in [-0.2, -0.15) is 0 Å². The second kappa shape index (κ2) is 6.97. The molecule has 0 radical (unpaired) electrons. The molecule has 23 heavy (non-hydrogen) atoms. The summed E-state index contributed by atoms with van der Waals surface area (Å²) in [6.45, 7) is 4.29. The monoisotopic (exact) mass is 309 g/mol. The molecule has 0 saturated carbocycles. The fourth-order valence-corrected chi connectivity index (χ4v) is 3.31. The van der Waals surface area contributed by atoms with Crippen molar-refractivity contribution in [1.82, 2.24) is 4.90 Å². The SMILES string of the molecule is CCOC(=O)Cc1ccc(C2CN(C)Cc3ccccc32)cc1. The van der Waals surface area contributed by atoms with Gasteiger partial charge < -0.3 is 9.64 Å². The Kier molecular flexibility index (Phi) is 4.77. The van der Waals surface area contributed by atoms with Gasteiger partial charge in [-0.25, -0.2) is 0 Å². The van der Waals surface area contributed by atoms with Crippen LogP contribution in [0.3, 0.4) is 0 Å². The van der Waals surface area contributed by atoms with E-state index in [1.807, 2.05) is 19.1 Å². The summed E-state index contributed by atoms with van der Waals surface area (Å²) in [5.74, 6) is 0.226. The number of likely N-dealkylation sites (N-methyl/N-ethyl adjacent to an activating group) is 1. The summed E-state index contributed by atoms with van der Waals surface area (Å²) in [6, 6.07) is 17.1. The Morgan fingerprint density at radius 3 is 2.65 bits per heavy atom. The second-order valence-electron chi connectivity index (χ2n) is 6.17. The van der Waals surface area contributed by atoms with Gasteiger partial charge in [0.25, 0.3) is 0 Å². The third-order valence-electron chi connectivity index (χ3n) is 4.40. The Morgan fingerprint density at radius 1 is 1.17 bits per heavy atom. The summed E-state index contributed by atoms with van der Waals surface area (Å²) in [5.41, 5.74) is 5.13. The van der Waals surface area contributed by atoms with Gasteiger partial charge in [-0.15, -0.1) is 0 Å². The van der Waals surface area contributed by atoms with Crippen molar-refractivity contribution in [1.29, 1.82) is 0 Å². The van der Waals surface area contributed by atoms with E-state index in [1.165, 1.54) is 16.7 Å². The van der Waals surface area contributed by atoms with Crippen LogP contribution in [0.25, 0.3) is 0 Å². The van der Waals surface area contributed by atoms with E-state index in [1.54, 1.807) is 0 Å². The smallest absolute Gasteiger partial charge is 0.310 e. The Balaban J connectivity index is 1.81. The molecule has 0 N–H and O–H groups in total. The number of carbonyl (C=O) groups is 1. The molecule has 3 rings (SSSR count). The van der Waals surface area contributed by atoms with Gasteiger partial charge in [-0.3, -0.25) is 4.79 Å². The van der Waals surface area contributed by atoms with Gasteiger partial charge in [0, 0.05) is 19.0 Å². The van der Waals surface area contributed by atoms with E-state index in [2.05, 4.69) is 48.3 Å². The van der Waals surface area contributed by atoms with Crippen LogP contribution in [-0.2, 0) is 22.5 Å². The van der Waals surface area contributed by atoms with E-state index < -0.39 is 0 Å². The van der Waals surface area contributed by atoms with Crippen molar-refractivity contribution < 1.29 is 9.53 Å². The van der Waals surface area contributed by atoms with Gasteiger partial charge in [-0.05, 0) is 36.2 Å². The average molecular weight is 309 g/mol. The van der Waals surface area contributed by atoms with Crippen molar-refractivity contribution in [3.8, 4) is 0 Å². The fourth-order valence-electron chi connectivity index (χ4n) is 3.31. The summed E-state index contributed by atoms with van der Waals surface area (Å²) in [6.07, 6.45) is 0.343. The first kappa shape index (κ1) is 15.8. The third kappa shape index (κ3) is 3.62. The predicted molar refractivity (Wildman–Crippen MR) is 91.4 cm³/mol. The maximum Gasteiger partial charge on any atom is 0.310 e. The standard InChI is InChI=1S/C20H23NO2/c1-3-23-20(22)12-15-8-10-16(11-9-15)19-14-21(2)13-17-6-4-5-7-18(17)19/h4-11,19H,3,12-14H2,1-2H3.